The Labute approximate surface area is 242 Å². The van der Waals surface area contributed by atoms with E-state index in [1.165, 1.54) is 4.57 Å². The Hall–Kier alpha value is -3.74. The third-order valence-electron chi connectivity index (χ3n) is 9.39. The van der Waals surface area contributed by atoms with Gasteiger partial charge in [-0.1, -0.05) is 0 Å². The molecule has 1 atom stereocenters. The molecule has 0 radical (unpaired) electrons. The maximum atomic E-state index is 13.2. The summed E-state index contributed by atoms with van der Waals surface area (Å²) in [5.41, 5.74) is 8.83. The van der Waals surface area contributed by atoms with Crippen LogP contribution in [0.5, 0.6) is 0 Å². The van der Waals surface area contributed by atoms with Gasteiger partial charge in [0.25, 0.3) is 6.43 Å². The number of nitrogens with two attached hydrogens (primary N) is 1. The fourth-order valence-corrected chi connectivity index (χ4v) is 7.09. The average molecular weight is 585 g/mol. The van der Waals surface area contributed by atoms with Crippen molar-refractivity contribution in [3.8, 4) is 0 Å². The van der Waals surface area contributed by atoms with Crippen LogP contribution in [0.1, 0.15) is 68.3 Å². The number of alkyl halides is 2. The summed E-state index contributed by atoms with van der Waals surface area (Å²) in [4.78, 5) is 42.3. The van der Waals surface area contributed by atoms with Crippen LogP contribution in [0.4, 0.5) is 20.2 Å². The predicted octanol–water partition coefficient (Wildman–Crippen LogP) is 2.90. The molecule has 0 bridgehead atoms. The van der Waals surface area contributed by atoms with E-state index in [0.717, 1.165) is 75.2 Å². The number of rotatable bonds is 6. The number of hydrogen-bond acceptors (Lipinski definition) is 7. The van der Waals surface area contributed by atoms with Crippen molar-refractivity contribution in [1.82, 2.24) is 29.1 Å². The van der Waals surface area contributed by atoms with Crippen molar-refractivity contribution in [2.75, 3.05) is 43.4 Å². The minimum absolute atomic E-state index is 0.0580. The first kappa shape index (κ1) is 28.4. The molecule has 3 saturated heterocycles. The van der Waals surface area contributed by atoms with E-state index in [0.29, 0.717) is 17.9 Å². The van der Waals surface area contributed by atoms with E-state index in [4.69, 9.17) is 5.73 Å². The van der Waals surface area contributed by atoms with Gasteiger partial charge in [0.2, 0.25) is 11.8 Å². The van der Waals surface area contributed by atoms with Gasteiger partial charge in [-0.25, -0.2) is 13.6 Å². The van der Waals surface area contributed by atoms with E-state index in [2.05, 4.69) is 20.2 Å². The smallest absolute Gasteiger partial charge is 0.329 e. The molecule has 0 aliphatic carbocycles. The number of carbonyl (C=O) groups is 2. The molecule has 3 aliphatic rings. The standard InChI is InChI=1S/C29H38F2N8O3/c1-17-21(3-4-22-26(17)35(2)29(42)39(22)23-5-6-24(40)33-28(23)41)37-13-7-18(8-14-37)15-36-11-9-19(10-12-36)38-16-20(32)25(34-38)27(30)31/h3-4,16,18-19,23,27H,5-15,32H2,1-2H3,(H,33,40,41). The summed E-state index contributed by atoms with van der Waals surface area (Å²) >= 11 is 0. The molecule has 2 aromatic heterocycles. The number of carbonyl (C=O) groups excluding carboxylic acids is 2. The van der Waals surface area contributed by atoms with Crippen molar-refractivity contribution in [2.45, 2.75) is 64.0 Å². The molecule has 226 valence electrons. The normalized spacial score (nSPS) is 21.5. The van der Waals surface area contributed by atoms with Crippen molar-refractivity contribution >= 4 is 34.2 Å². The predicted molar refractivity (Wildman–Crippen MR) is 155 cm³/mol. The molecule has 0 saturated carbocycles. The molecule has 42 heavy (non-hydrogen) atoms. The summed E-state index contributed by atoms with van der Waals surface area (Å²) in [7, 11) is 1.73. The van der Waals surface area contributed by atoms with Crippen LogP contribution in [-0.4, -0.2) is 68.4 Å². The summed E-state index contributed by atoms with van der Waals surface area (Å²) in [5, 5.41) is 6.41. The van der Waals surface area contributed by atoms with E-state index >= 15 is 0 Å². The number of likely N-dealkylation sites (tertiary alicyclic amines) is 1. The fraction of sp³-hybridized carbons (Fsp3) is 0.586. The molecular formula is C29H38F2N8O3. The van der Waals surface area contributed by atoms with Gasteiger partial charge >= 0.3 is 5.69 Å². The number of fused-ring (bicyclic) bond motifs is 1. The molecule has 6 rings (SSSR count). The molecule has 3 fully saturated rings. The Morgan fingerprint density at radius 1 is 1.05 bits per heavy atom. The lowest BCUT2D eigenvalue weighted by atomic mass is 9.94. The Bertz CT molecular complexity index is 1560. The van der Waals surface area contributed by atoms with E-state index in [1.807, 2.05) is 19.1 Å². The van der Waals surface area contributed by atoms with Crippen molar-refractivity contribution in [1.29, 1.82) is 0 Å². The summed E-state index contributed by atoms with van der Waals surface area (Å²) in [6.07, 6.45) is 3.24. The van der Waals surface area contributed by atoms with E-state index < -0.39 is 18.4 Å². The first-order valence-electron chi connectivity index (χ1n) is 14.8. The van der Waals surface area contributed by atoms with Gasteiger partial charge in [0, 0.05) is 58.1 Å². The van der Waals surface area contributed by atoms with E-state index in [9.17, 15) is 23.2 Å². The topological polar surface area (TPSA) is 123 Å². The number of nitrogens with zero attached hydrogens (tertiary/aromatic N) is 6. The molecule has 3 aliphatic heterocycles. The average Bonchev–Trinajstić information content (AvgIpc) is 3.48. The Morgan fingerprint density at radius 2 is 1.76 bits per heavy atom. The van der Waals surface area contributed by atoms with Gasteiger partial charge in [0.15, 0.2) is 5.69 Å². The van der Waals surface area contributed by atoms with Gasteiger partial charge in [-0.3, -0.25) is 28.7 Å². The van der Waals surface area contributed by atoms with Crippen molar-refractivity contribution in [3.63, 3.8) is 0 Å². The highest BCUT2D eigenvalue weighted by Crippen LogP contribution is 2.34. The van der Waals surface area contributed by atoms with Crippen molar-refractivity contribution < 1.29 is 18.4 Å². The summed E-state index contributed by atoms with van der Waals surface area (Å²) < 4.78 is 30.9. The number of hydrogen-bond donors (Lipinski definition) is 2. The first-order chi connectivity index (χ1) is 20.1. The van der Waals surface area contributed by atoms with Crippen LogP contribution in [-0.2, 0) is 16.6 Å². The maximum Gasteiger partial charge on any atom is 0.329 e. The molecule has 11 nitrogen and oxygen atoms in total. The third kappa shape index (κ3) is 5.07. The monoisotopic (exact) mass is 584 g/mol. The second-order valence-corrected chi connectivity index (χ2v) is 12.0. The number of nitrogens with one attached hydrogen (secondary N) is 1. The number of aryl methyl sites for hydroxylation is 2. The highest BCUT2D eigenvalue weighted by molar-refractivity contribution is 6.00. The quantitative estimate of drug-likeness (QED) is 0.427. The molecule has 13 heteroatoms. The maximum absolute atomic E-state index is 13.2. The second-order valence-electron chi connectivity index (χ2n) is 12.0. The summed E-state index contributed by atoms with van der Waals surface area (Å²) in [6.45, 7) is 6.69. The van der Waals surface area contributed by atoms with Crippen LogP contribution in [0, 0.1) is 12.8 Å². The Kier molecular flexibility index (Phi) is 7.54. The van der Waals surface area contributed by atoms with Gasteiger partial charge in [-0.15, -0.1) is 0 Å². The molecule has 1 unspecified atom stereocenters. The zero-order valence-corrected chi connectivity index (χ0v) is 24.1. The summed E-state index contributed by atoms with van der Waals surface area (Å²) in [5.74, 6) is -0.159. The Morgan fingerprint density at radius 3 is 2.40 bits per heavy atom. The number of benzene rings is 1. The number of nitrogen functional groups attached to an aromatic ring is 1. The van der Waals surface area contributed by atoms with Crippen LogP contribution in [0.15, 0.2) is 23.1 Å². The van der Waals surface area contributed by atoms with Gasteiger partial charge in [0.05, 0.1) is 22.8 Å². The highest BCUT2D eigenvalue weighted by atomic mass is 19.3. The van der Waals surface area contributed by atoms with Crippen LogP contribution >= 0.6 is 0 Å². The largest absolute Gasteiger partial charge is 0.396 e. The summed E-state index contributed by atoms with van der Waals surface area (Å²) in [6, 6.07) is 3.37. The lowest BCUT2D eigenvalue weighted by Gasteiger charge is -2.38. The number of halogens is 2. The van der Waals surface area contributed by atoms with Crippen LogP contribution in [0.3, 0.4) is 0 Å². The SMILES string of the molecule is Cc1c(N2CCC(CN3CCC(n4cc(N)c(C(F)F)n4)CC3)CC2)ccc2c1n(C)c(=O)n2C1CCC(=O)NC1=O. The molecule has 5 heterocycles. The van der Waals surface area contributed by atoms with E-state index in [-0.39, 0.29) is 35.4 Å². The zero-order chi connectivity index (χ0) is 29.7. The minimum atomic E-state index is -2.66. The highest BCUT2D eigenvalue weighted by Gasteiger charge is 2.33. The molecule has 1 aromatic carbocycles. The minimum Gasteiger partial charge on any atom is -0.396 e. The number of anilines is 2. The van der Waals surface area contributed by atoms with Gasteiger partial charge in [-0.2, -0.15) is 5.10 Å². The van der Waals surface area contributed by atoms with Crippen molar-refractivity contribution in [3.05, 3.63) is 40.1 Å². The second kappa shape index (κ2) is 11.2. The number of amides is 2. The van der Waals surface area contributed by atoms with Crippen LogP contribution in [0.25, 0.3) is 11.0 Å². The first-order valence-corrected chi connectivity index (χ1v) is 14.8. The number of imide groups is 1. The van der Waals surface area contributed by atoms with Crippen molar-refractivity contribution in [2.24, 2.45) is 13.0 Å². The fourth-order valence-electron chi connectivity index (χ4n) is 7.09. The Balaban J connectivity index is 1.08. The lowest BCUT2D eigenvalue weighted by molar-refractivity contribution is -0.135. The third-order valence-corrected chi connectivity index (χ3v) is 9.39. The zero-order valence-electron chi connectivity index (χ0n) is 24.1. The van der Waals surface area contributed by atoms with Gasteiger partial charge in [-0.05, 0) is 62.6 Å². The molecule has 3 N–H and O–H groups in total. The lowest BCUT2D eigenvalue weighted by Crippen LogP contribution is -2.44. The van der Waals surface area contributed by atoms with Gasteiger partial charge < -0.3 is 15.5 Å². The number of aromatic nitrogens is 4. The molecular weight excluding hydrogens is 546 g/mol. The molecule has 3 aromatic rings. The molecule has 2 amide bonds. The molecule has 0 spiro atoms. The number of piperidine rings is 3. The van der Waals surface area contributed by atoms with Crippen LogP contribution < -0.4 is 21.6 Å². The van der Waals surface area contributed by atoms with Gasteiger partial charge in [0.1, 0.15) is 6.04 Å². The van der Waals surface area contributed by atoms with E-state index in [1.54, 1.807) is 22.5 Å². The number of imidazole rings is 1. The van der Waals surface area contributed by atoms with Crippen LogP contribution in [0.2, 0.25) is 0 Å².